The van der Waals surface area contributed by atoms with Gasteiger partial charge in [0, 0.05) is 14.0 Å². The molecule has 5 heteroatoms. The average Bonchev–Trinajstić information content (AvgIpc) is 2.16. The van der Waals surface area contributed by atoms with E-state index in [1.165, 1.54) is 6.92 Å². The Morgan fingerprint density at radius 2 is 2.29 bits per heavy atom. The van der Waals surface area contributed by atoms with Gasteiger partial charge in [0.25, 0.3) is 0 Å². The molecule has 1 saturated heterocycles. The summed E-state index contributed by atoms with van der Waals surface area (Å²) in [4.78, 5) is 10.6. The second-order valence-electron chi connectivity index (χ2n) is 3.41. The maximum atomic E-state index is 10.6. The normalized spacial score (nSPS) is 32.6. The molecule has 1 aliphatic heterocycles. The third-order valence-electron chi connectivity index (χ3n) is 2.20. The summed E-state index contributed by atoms with van der Waals surface area (Å²) in [6, 6.07) is -0.0893. The third-order valence-corrected chi connectivity index (χ3v) is 2.20. The van der Waals surface area contributed by atoms with Crippen LogP contribution in [-0.2, 0) is 19.0 Å². The van der Waals surface area contributed by atoms with Crippen LogP contribution in [0.15, 0.2) is 0 Å². The smallest absolute Gasteiger partial charge is 0.302 e. The molecule has 0 radical (unpaired) electrons. The number of esters is 1. The minimum Gasteiger partial charge on any atom is -0.463 e. The van der Waals surface area contributed by atoms with Gasteiger partial charge in [-0.3, -0.25) is 4.79 Å². The first-order valence-corrected chi connectivity index (χ1v) is 4.70. The predicted molar refractivity (Wildman–Crippen MR) is 49.5 cm³/mol. The van der Waals surface area contributed by atoms with Crippen LogP contribution in [0.1, 0.15) is 19.8 Å². The van der Waals surface area contributed by atoms with Crippen molar-refractivity contribution in [3.8, 4) is 0 Å². The minimum atomic E-state index is -0.385. The number of methoxy groups -OCH3 is 1. The van der Waals surface area contributed by atoms with E-state index in [1.54, 1.807) is 7.11 Å². The summed E-state index contributed by atoms with van der Waals surface area (Å²) in [5, 5.41) is 0. The van der Waals surface area contributed by atoms with Crippen LogP contribution in [0.2, 0.25) is 0 Å². The van der Waals surface area contributed by atoms with Crippen molar-refractivity contribution in [2.45, 2.75) is 38.2 Å². The van der Waals surface area contributed by atoms with Gasteiger partial charge in [-0.2, -0.15) is 0 Å². The number of carbonyl (C=O) groups excluding carboxylic acids is 1. The zero-order valence-corrected chi connectivity index (χ0v) is 8.56. The van der Waals surface area contributed by atoms with Crippen molar-refractivity contribution in [1.82, 2.24) is 0 Å². The van der Waals surface area contributed by atoms with Crippen molar-refractivity contribution >= 4 is 5.97 Å². The quantitative estimate of drug-likeness (QED) is 0.655. The lowest BCUT2D eigenvalue weighted by atomic mass is 10.1. The highest BCUT2D eigenvalue weighted by atomic mass is 16.7. The van der Waals surface area contributed by atoms with E-state index in [0.29, 0.717) is 0 Å². The first-order chi connectivity index (χ1) is 6.63. The van der Waals surface area contributed by atoms with Crippen LogP contribution in [0.25, 0.3) is 0 Å². The fraction of sp³-hybridized carbons (Fsp3) is 0.889. The van der Waals surface area contributed by atoms with Gasteiger partial charge < -0.3 is 19.9 Å². The molecule has 1 fully saturated rings. The van der Waals surface area contributed by atoms with Gasteiger partial charge in [0.05, 0.1) is 12.1 Å². The highest BCUT2D eigenvalue weighted by molar-refractivity contribution is 5.65. The van der Waals surface area contributed by atoms with E-state index in [4.69, 9.17) is 19.9 Å². The monoisotopic (exact) mass is 203 g/mol. The fourth-order valence-electron chi connectivity index (χ4n) is 1.44. The molecule has 82 valence electrons. The van der Waals surface area contributed by atoms with Gasteiger partial charge >= 0.3 is 5.97 Å². The zero-order valence-electron chi connectivity index (χ0n) is 8.56. The molecule has 0 aliphatic carbocycles. The summed E-state index contributed by atoms with van der Waals surface area (Å²) in [6.45, 7) is 1.66. The van der Waals surface area contributed by atoms with E-state index in [-0.39, 0.29) is 31.0 Å². The summed E-state index contributed by atoms with van der Waals surface area (Å²) in [5.41, 5.74) is 5.75. The van der Waals surface area contributed by atoms with E-state index < -0.39 is 0 Å². The predicted octanol–water partition coefficient (Wildman–Crippen LogP) is 0.0283. The zero-order chi connectivity index (χ0) is 10.6. The summed E-state index contributed by atoms with van der Waals surface area (Å²) in [5.74, 6) is -0.294. The second-order valence-corrected chi connectivity index (χ2v) is 3.41. The van der Waals surface area contributed by atoms with Crippen molar-refractivity contribution < 1.29 is 19.0 Å². The molecule has 1 heterocycles. The highest BCUT2D eigenvalue weighted by Crippen LogP contribution is 2.18. The highest BCUT2D eigenvalue weighted by Gasteiger charge is 2.29. The molecule has 14 heavy (non-hydrogen) atoms. The molecule has 0 saturated carbocycles. The van der Waals surface area contributed by atoms with Crippen molar-refractivity contribution in [1.29, 1.82) is 0 Å². The van der Waals surface area contributed by atoms with Crippen LogP contribution in [0.5, 0.6) is 0 Å². The Labute approximate surface area is 83.5 Å². The van der Waals surface area contributed by atoms with Gasteiger partial charge in [-0.1, -0.05) is 0 Å². The molecule has 1 aliphatic rings. The largest absolute Gasteiger partial charge is 0.463 e. The first-order valence-electron chi connectivity index (χ1n) is 4.70. The molecule has 0 bridgehead atoms. The Hall–Kier alpha value is -0.650. The molecule has 0 aromatic carbocycles. The van der Waals surface area contributed by atoms with E-state index in [9.17, 15) is 4.79 Å². The van der Waals surface area contributed by atoms with Crippen LogP contribution >= 0.6 is 0 Å². The van der Waals surface area contributed by atoms with Gasteiger partial charge in [0.2, 0.25) is 0 Å². The Morgan fingerprint density at radius 3 is 2.86 bits per heavy atom. The summed E-state index contributed by atoms with van der Waals surface area (Å²) >= 11 is 0. The van der Waals surface area contributed by atoms with Crippen molar-refractivity contribution in [2.24, 2.45) is 5.73 Å². The van der Waals surface area contributed by atoms with Crippen molar-refractivity contribution in [3.05, 3.63) is 0 Å². The van der Waals surface area contributed by atoms with Crippen LogP contribution in [0, 0.1) is 0 Å². The Balaban J connectivity index is 2.31. The number of carbonyl (C=O) groups is 1. The third kappa shape index (κ3) is 3.25. The molecule has 2 N–H and O–H groups in total. The first kappa shape index (κ1) is 11.4. The summed E-state index contributed by atoms with van der Waals surface area (Å²) < 4.78 is 15.4. The molecule has 0 unspecified atom stereocenters. The van der Waals surface area contributed by atoms with Crippen LogP contribution in [0.3, 0.4) is 0 Å². The van der Waals surface area contributed by atoms with Gasteiger partial charge in [0.1, 0.15) is 6.61 Å². The van der Waals surface area contributed by atoms with Crippen LogP contribution in [-0.4, -0.2) is 38.1 Å². The number of hydrogen-bond donors (Lipinski definition) is 1. The van der Waals surface area contributed by atoms with E-state index in [1.807, 2.05) is 0 Å². The van der Waals surface area contributed by atoms with Gasteiger partial charge in [-0.05, 0) is 12.8 Å². The van der Waals surface area contributed by atoms with E-state index in [0.717, 1.165) is 12.8 Å². The Morgan fingerprint density at radius 1 is 1.57 bits per heavy atom. The molecule has 1 rings (SSSR count). The number of ether oxygens (including phenoxy) is 3. The van der Waals surface area contributed by atoms with Gasteiger partial charge in [-0.15, -0.1) is 0 Å². The number of nitrogens with two attached hydrogens (primary N) is 1. The number of hydrogen-bond acceptors (Lipinski definition) is 5. The fourth-order valence-corrected chi connectivity index (χ4v) is 1.44. The van der Waals surface area contributed by atoms with E-state index in [2.05, 4.69) is 0 Å². The maximum absolute atomic E-state index is 10.6. The Kier molecular flexibility index (Phi) is 4.31. The lowest BCUT2D eigenvalue weighted by Gasteiger charge is -2.33. The summed E-state index contributed by atoms with van der Waals surface area (Å²) in [6.07, 6.45) is 1.15. The molecule has 0 aromatic rings. The standard InChI is InChI=1S/C9H17NO4/c1-6(11)13-5-7-3-4-8(10)9(12-2)14-7/h7-9H,3-5,10H2,1-2H3/t7-,8+,9-/m0/s1. The average molecular weight is 203 g/mol. The summed E-state index contributed by atoms with van der Waals surface area (Å²) in [7, 11) is 1.55. The van der Waals surface area contributed by atoms with Crippen molar-refractivity contribution in [2.75, 3.05) is 13.7 Å². The SMILES string of the molecule is CO[C@H]1O[C@H](COC(C)=O)CC[C@H]1N. The van der Waals surface area contributed by atoms with E-state index >= 15 is 0 Å². The molecule has 0 amide bonds. The molecular weight excluding hydrogens is 186 g/mol. The Bertz CT molecular complexity index is 197. The van der Waals surface area contributed by atoms with Crippen molar-refractivity contribution in [3.63, 3.8) is 0 Å². The minimum absolute atomic E-state index is 0.0893. The van der Waals surface area contributed by atoms with Gasteiger partial charge in [-0.25, -0.2) is 0 Å². The van der Waals surface area contributed by atoms with Crippen LogP contribution in [0.4, 0.5) is 0 Å². The topological polar surface area (TPSA) is 70.8 Å². The second kappa shape index (κ2) is 5.29. The van der Waals surface area contributed by atoms with Crippen LogP contribution < -0.4 is 5.73 Å². The lowest BCUT2D eigenvalue weighted by Crippen LogP contribution is -2.46. The lowest BCUT2D eigenvalue weighted by molar-refractivity contribution is -0.201. The molecule has 0 spiro atoms. The molecule has 0 aromatic heterocycles. The maximum Gasteiger partial charge on any atom is 0.302 e. The molecule has 3 atom stereocenters. The molecular formula is C9H17NO4. The molecule has 5 nitrogen and oxygen atoms in total. The van der Waals surface area contributed by atoms with Gasteiger partial charge in [0.15, 0.2) is 6.29 Å². The number of rotatable bonds is 3.